The Morgan fingerprint density at radius 1 is 1.08 bits per heavy atom. The first kappa shape index (κ1) is 18.0. The molecule has 0 radical (unpaired) electrons. The van der Waals surface area contributed by atoms with Gasteiger partial charge in [-0.2, -0.15) is 0 Å². The van der Waals surface area contributed by atoms with Crippen molar-refractivity contribution in [2.75, 3.05) is 20.8 Å². The van der Waals surface area contributed by atoms with Crippen LogP contribution < -0.4 is 4.74 Å². The Kier molecular flexibility index (Phi) is 6.38. The summed E-state index contributed by atoms with van der Waals surface area (Å²) in [7, 11) is 2.87. The average Bonchev–Trinajstić information content (AvgIpc) is 2.59. The molecule has 0 saturated carbocycles. The maximum absolute atomic E-state index is 11.9. The molecule has 0 aliphatic rings. The van der Waals surface area contributed by atoms with Crippen molar-refractivity contribution in [3.05, 3.63) is 64.7 Å². The molecule has 0 aliphatic heterocycles. The van der Waals surface area contributed by atoms with Crippen molar-refractivity contribution in [2.24, 2.45) is 0 Å². The zero-order valence-electron chi connectivity index (χ0n) is 14.7. The molecule has 24 heavy (non-hydrogen) atoms. The topological polar surface area (TPSA) is 44.8 Å². The molecule has 0 amide bonds. The van der Waals surface area contributed by atoms with Gasteiger partial charge in [-0.3, -0.25) is 0 Å². The summed E-state index contributed by atoms with van der Waals surface area (Å²) in [4.78, 5) is 11.9. The van der Waals surface area contributed by atoms with Gasteiger partial charge in [-0.25, -0.2) is 4.79 Å². The Morgan fingerprint density at radius 3 is 2.54 bits per heavy atom. The van der Waals surface area contributed by atoms with Crippen LogP contribution in [0, 0.1) is 13.8 Å². The SMILES string of the molecule is COC(=O)C(OC)c1ccccc1CCOc1cc(C)ccc1C. The van der Waals surface area contributed by atoms with Crippen molar-refractivity contribution in [1.29, 1.82) is 0 Å². The molecule has 4 heteroatoms. The number of methoxy groups -OCH3 is 2. The van der Waals surface area contributed by atoms with E-state index in [-0.39, 0.29) is 0 Å². The van der Waals surface area contributed by atoms with Gasteiger partial charge in [-0.1, -0.05) is 36.4 Å². The van der Waals surface area contributed by atoms with Gasteiger partial charge in [-0.05, 0) is 42.2 Å². The van der Waals surface area contributed by atoms with Crippen LogP contribution in [0.15, 0.2) is 42.5 Å². The molecule has 0 saturated heterocycles. The van der Waals surface area contributed by atoms with Crippen molar-refractivity contribution < 1.29 is 19.0 Å². The molecule has 1 atom stereocenters. The second kappa shape index (κ2) is 8.50. The minimum atomic E-state index is -0.716. The summed E-state index contributed by atoms with van der Waals surface area (Å²) in [6.07, 6.45) is -0.0349. The van der Waals surface area contributed by atoms with Crippen molar-refractivity contribution in [2.45, 2.75) is 26.4 Å². The lowest BCUT2D eigenvalue weighted by Crippen LogP contribution is -2.18. The number of esters is 1. The Balaban J connectivity index is 2.10. The number of benzene rings is 2. The molecular weight excluding hydrogens is 304 g/mol. The Labute approximate surface area is 143 Å². The lowest BCUT2D eigenvalue weighted by Gasteiger charge is -2.17. The lowest BCUT2D eigenvalue weighted by molar-refractivity contribution is -0.152. The van der Waals surface area contributed by atoms with Crippen LogP contribution >= 0.6 is 0 Å². The van der Waals surface area contributed by atoms with Gasteiger partial charge < -0.3 is 14.2 Å². The van der Waals surface area contributed by atoms with E-state index in [4.69, 9.17) is 14.2 Å². The quantitative estimate of drug-likeness (QED) is 0.726. The van der Waals surface area contributed by atoms with Crippen LogP contribution in [0.4, 0.5) is 0 Å². The van der Waals surface area contributed by atoms with Crippen molar-refractivity contribution in [3.63, 3.8) is 0 Å². The molecular formula is C20H24O4. The third-order valence-corrected chi connectivity index (χ3v) is 3.96. The van der Waals surface area contributed by atoms with Crippen LogP contribution in [0.2, 0.25) is 0 Å². The first-order valence-corrected chi connectivity index (χ1v) is 7.95. The van der Waals surface area contributed by atoms with E-state index in [0.29, 0.717) is 13.0 Å². The number of rotatable bonds is 7. The largest absolute Gasteiger partial charge is 0.493 e. The number of hydrogen-bond donors (Lipinski definition) is 0. The second-order valence-corrected chi connectivity index (χ2v) is 5.71. The summed E-state index contributed by atoms with van der Waals surface area (Å²) in [5.41, 5.74) is 4.11. The van der Waals surface area contributed by atoms with Crippen molar-refractivity contribution in [1.82, 2.24) is 0 Å². The fraction of sp³-hybridized carbons (Fsp3) is 0.350. The minimum Gasteiger partial charge on any atom is -0.493 e. The van der Waals surface area contributed by atoms with Crippen molar-refractivity contribution in [3.8, 4) is 5.75 Å². The highest BCUT2D eigenvalue weighted by molar-refractivity contribution is 5.77. The molecule has 0 spiro atoms. The van der Waals surface area contributed by atoms with Gasteiger partial charge in [0.1, 0.15) is 5.75 Å². The fourth-order valence-electron chi connectivity index (χ4n) is 2.61. The number of aryl methyl sites for hydroxylation is 2. The maximum Gasteiger partial charge on any atom is 0.339 e. The van der Waals surface area contributed by atoms with Crippen LogP contribution in [0.5, 0.6) is 5.75 Å². The predicted molar refractivity (Wildman–Crippen MR) is 93.3 cm³/mol. The standard InChI is InChI=1S/C20H24O4/c1-14-9-10-15(2)18(13-14)24-12-11-16-7-5-6-8-17(16)19(22-3)20(21)23-4/h5-10,13,19H,11-12H2,1-4H3. The summed E-state index contributed by atoms with van der Waals surface area (Å²) in [5.74, 6) is 0.490. The Bertz CT molecular complexity index is 694. The molecule has 1 unspecified atom stereocenters. The fourth-order valence-corrected chi connectivity index (χ4v) is 2.61. The first-order valence-electron chi connectivity index (χ1n) is 7.95. The van der Waals surface area contributed by atoms with E-state index < -0.39 is 12.1 Å². The van der Waals surface area contributed by atoms with Crippen LogP contribution in [-0.2, 0) is 20.7 Å². The van der Waals surface area contributed by atoms with Gasteiger partial charge in [0, 0.05) is 13.5 Å². The first-order chi connectivity index (χ1) is 11.6. The van der Waals surface area contributed by atoms with E-state index in [2.05, 4.69) is 12.1 Å². The third-order valence-electron chi connectivity index (χ3n) is 3.96. The van der Waals surface area contributed by atoms with E-state index >= 15 is 0 Å². The van der Waals surface area contributed by atoms with E-state index in [1.165, 1.54) is 19.8 Å². The highest BCUT2D eigenvalue weighted by Crippen LogP contribution is 2.24. The minimum absolute atomic E-state index is 0.402. The summed E-state index contributed by atoms with van der Waals surface area (Å²) < 4.78 is 16.1. The maximum atomic E-state index is 11.9. The molecule has 2 aromatic rings. The molecule has 0 heterocycles. The average molecular weight is 328 g/mol. The van der Waals surface area contributed by atoms with E-state index in [1.54, 1.807) is 0 Å². The second-order valence-electron chi connectivity index (χ2n) is 5.71. The van der Waals surface area contributed by atoms with Gasteiger partial charge in [0.15, 0.2) is 6.10 Å². The smallest absolute Gasteiger partial charge is 0.339 e. The van der Waals surface area contributed by atoms with Crippen LogP contribution in [0.3, 0.4) is 0 Å². The third kappa shape index (κ3) is 4.36. The molecule has 2 aromatic carbocycles. The molecule has 2 rings (SSSR count). The summed E-state index contributed by atoms with van der Waals surface area (Å²) in [6.45, 7) is 4.60. The highest BCUT2D eigenvalue weighted by atomic mass is 16.6. The summed E-state index contributed by atoms with van der Waals surface area (Å²) >= 11 is 0. The summed E-state index contributed by atoms with van der Waals surface area (Å²) in [5, 5.41) is 0. The van der Waals surface area contributed by atoms with E-state index in [1.807, 2.05) is 44.2 Å². The van der Waals surface area contributed by atoms with Crippen LogP contribution in [0.1, 0.15) is 28.4 Å². The Morgan fingerprint density at radius 2 is 1.83 bits per heavy atom. The van der Waals surface area contributed by atoms with Crippen LogP contribution in [-0.4, -0.2) is 26.8 Å². The zero-order chi connectivity index (χ0) is 17.5. The number of hydrogen-bond acceptors (Lipinski definition) is 4. The molecule has 128 valence electrons. The molecule has 4 nitrogen and oxygen atoms in total. The molecule has 0 N–H and O–H groups in total. The molecule has 0 aromatic heterocycles. The normalized spacial score (nSPS) is 11.8. The van der Waals surface area contributed by atoms with E-state index in [0.717, 1.165) is 22.4 Å². The Hall–Kier alpha value is -2.33. The monoisotopic (exact) mass is 328 g/mol. The summed E-state index contributed by atoms with van der Waals surface area (Å²) in [6, 6.07) is 13.9. The number of ether oxygens (including phenoxy) is 3. The number of carbonyl (C=O) groups excluding carboxylic acids is 1. The highest BCUT2D eigenvalue weighted by Gasteiger charge is 2.23. The van der Waals surface area contributed by atoms with Crippen LogP contribution in [0.25, 0.3) is 0 Å². The molecule has 0 bridgehead atoms. The lowest BCUT2D eigenvalue weighted by atomic mass is 10.00. The van der Waals surface area contributed by atoms with Gasteiger partial charge >= 0.3 is 5.97 Å². The van der Waals surface area contributed by atoms with Crippen molar-refractivity contribution >= 4 is 5.97 Å². The van der Waals surface area contributed by atoms with Gasteiger partial charge in [0.05, 0.1) is 13.7 Å². The van der Waals surface area contributed by atoms with E-state index in [9.17, 15) is 4.79 Å². The van der Waals surface area contributed by atoms with Gasteiger partial charge in [0.25, 0.3) is 0 Å². The number of carbonyl (C=O) groups is 1. The van der Waals surface area contributed by atoms with Gasteiger partial charge in [-0.15, -0.1) is 0 Å². The predicted octanol–water partition coefficient (Wildman–Crippen LogP) is 3.79. The molecule has 0 fully saturated rings. The van der Waals surface area contributed by atoms with Gasteiger partial charge in [0.2, 0.25) is 0 Å². The zero-order valence-corrected chi connectivity index (χ0v) is 14.7. The molecule has 0 aliphatic carbocycles.